The van der Waals surface area contributed by atoms with Gasteiger partial charge in [-0.1, -0.05) is 42.3 Å². The summed E-state index contributed by atoms with van der Waals surface area (Å²) < 4.78 is 4.69. The molecule has 0 saturated carbocycles. The van der Waals surface area contributed by atoms with Crippen LogP contribution in [-0.2, 0) is 16.1 Å². The normalized spacial score (nSPS) is 17.0. The maximum absolute atomic E-state index is 12.2. The van der Waals surface area contributed by atoms with Gasteiger partial charge in [0, 0.05) is 34.7 Å². The number of benzene rings is 2. The molecule has 0 radical (unpaired) electrons. The van der Waals surface area contributed by atoms with Crippen LogP contribution in [0.5, 0.6) is 0 Å². The number of nitrogens with zero attached hydrogens (tertiary/aromatic N) is 1. The first-order valence-electron chi connectivity index (χ1n) is 9.74. The van der Waals surface area contributed by atoms with Crippen LogP contribution in [0.15, 0.2) is 36.4 Å². The van der Waals surface area contributed by atoms with E-state index in [1.165, 1.54) is 7.11 Å². The summed E-state index contributed by atoms with van der Waals surface area (Å²) in [6, 6.07) is 10.3. The minimum Gasteiger partial charge on any atom is -0.467 e. The summed E-state index contributed by atoms with van der Waals surface area (Å²) >= 11 is 12.7. The number of rotatable bonds is 5. The van der Waals surface area contributed by atoms with Crippen molar-refractivity contribution in [3.8, 4) is 0 Å². The second-order valence-corrected chi connectivity index (χ2v) is 8.25. The SMILES string of the molecule is CCC(NC(=O)Nc1ccc(C2CN(C)Cc3c(Cl)cc(Cl)cc32)cc1)C(=O)OC. The van der Waals surface area contributed by atoms with E-state index in [4.69, 9.17) is 23.2 Å². The first kappa shape index (κ1) is 22.4. The van der Waals surface area contributed by atoms with Crippen molar-refractivity contribution in [2.24, 2.45) is 0 Å². The molecular formula is C22H25Cl2N3O3. The lowest BCUT2D eigenvalue weighted by Crippen LogP contribution is -2.43. The summed E-state index contributed by atoms with van der Waals surface area (Å²) in [5, 5.41) is 6.67. The van der Waals surface area contributed by atoms with E-state index in [2.05, 4.69) is 27.3 Å². The molecule has 2 N–H and O–H groups in total. The number of hydrogen-bond donors (Lipinski definition) is 2. The molecular weight excluding hydrogens is 425 g/mol. The number of methoxy groups -OCH3 is 1. The monoisotopic (exact) mass is 449 g/mol. The molecule has 0 aliphatic carbocycles. The van der Waals surface area contributed by atoms with Gasteiger partial charge in [-0.25, -0.2) is 9.59 Å². The number of amides is 2. The number of esters is 1. The van der Waals surface area contributed by atoms with Crippen molar-refractivity contribution in [3.63, 3.8) is 0 Å². The summed E-state index contributed by atoms with van der Waals surface area (Å²) in [5.41, 5.74) is 3.96. The Kier molecular flexibility index (Phi) is 7.23. The van der Waals surface area contributed by atoms with Crippen molar-refractivity contribution in [1.29, 1.82) is 0 Å². The van der Waals surface area contributed by atoms with Crippen LogP contribution in [0.25, 0.3) is 0 Å². The lowest BCUT2D eigenvalue weighted by Gasteiger charge is -2.33. The van der Waals surface area contributed by atoms with Gasteiger partial charge in [-0.15, -0.1) is 0 Å². The van der Waals surface area contributed by atoms with Crippen LogP contribution in [-0.4, -0.2) is 43.6 Å². The zero-order chi connectivity index (χ0) is 21.8. The maximum atomic E-state index is 12.2. The molecule has 2 unspecified atom stereocenters. The Bertz CT molecular complexity index is 934. The number of ether oxygens (including phenoxy) is 1. The standard InChI is InChI=1S/C22H25Cl2N3O3/c1-4-20(21(28)30-3)26-22(29)25-15-7-5-13(6-8-15)17-11-27(2)12-18-16(17)9-14(23)10-19(18)24/h5-10,17,20H,4,11-12H2,1-3H3,(H2,25,26,29). The highest BCUT2D eigenvalue weighted by atomic mass is 35.5. The van der Waals surface area contributed by atoms with Crippen LogP contribution in [0.4, 0.5) is 10.5 Å². The first-order chi connectivity index (χ1) is 14.3. The van der Waals surface area contributed by atoms with Gasteiger partial charge in [-0.05, 0) is 54.4 Å². The van der Waals surface area contributed by atoms with Crippen LogP contribution in [0.2, 0.25) is 10.0 Å². The maximum Gasteiger partial charge on any atom is 0.328 e. The van der Waals surface area contributed by atoms with Gasteiger partial charge in [0.1, 0.15) is 6.04 Å². The quantitative estimate of drug-likeness (QED) is 0.651. The minimum absolute atomic E-state index is 0.127. The number of likely N-dealkylation sites (N-methyl/N-ethyl adjacent to an activating group) is 1. The van der Waals surface area contributed by atoms with E-state index in [-0.39, 0.29) is 5.92 Å². The fourth-order valence-electron chi connectivity index (χ4n) is 3.72. The predicted octanol–water partition coefficient (Wildman–Crippen LogP) is 4.64. The second kappa shape index (κ2) is 9.69. The van der Waals surface area contributed by atoms with Crippen LogP contribution in [0.1, 0.15) is 36.0 Å². The first-order valence-corrected chi connectivity index (χ1v) is 10.5. The molecule has 0 aromatic heterocycles. The van der Waals surface area contributed by atoms with Gasteiger partial charge < -0.3 is 20.3 Å². The Morgan fingerprint density at radius 1 is 1.23 bits per heavy atom. The third kappa shape index (κ3) is 5.06. The summed E-state index contributed by atoms with van der Waals surface area (Å²) in [6.07, 6.45) is 0.443. The van der Waals surface area contributed by atoms with Crippen molar-refractivity contribution in [2.75, 3.05) is 26.0 Å². The van der Waals surface area contributed by atoms with E-state index < -0.39 is 18.0 Å². The highest BCUT2D eigenvalue weighted by molar-refractivity contribution is 6.35. The van der Waals surface area contributed by atoms with Crippen molar-refractivity contribution < 1.29 is 14.3 Å². The van der Waals surface area contributed by atoms with E-state index in [0.29, 0.717) is 22.2 Å². The Labute approximate surface area is 186 Å². The van der Waals surface area contributed by atoms with Crippen LogP contribution >= 0.6 is 23.2 Å². The van der Waals surface area contributed by atoms with E-state index in [9.17, 15) is 9.59 Å². The zero-order valence-corrected chi connectivity index (χ0v) is 18.7. The van der Waals surface area contributed by atoms with Gasteiger partial charge in [0.25, 0.3) is 0 Å². The molecule has 0 bridgehead atoms. The van der Waals surface area contributed by atoms with Crippen LogP contribution in [0, 0.1) is 0 Å². The third-order valence-corrected chi connectivity index (χ3v) is 5.82. The van der Waals surface area contributed by atoms with E-state index in [0.717, 1.165) is 29.8 Å². The average Bonchev–Trinajstić information content (AvgIpc) is 2.72. The third-order valence-electron chi connectivity index (χ3n) is 5.26. The molecule has 0 saturated heterocycles. The smallest absolute Gasteiger partial charge is 0.328 e. The molecule has 6 nitrogen and oxygen atoms in total. The minimum atomic E-state index is -0.682. The Hall–Kier alpha value is -2.28. The number of nitrogens with one attached hydrogen (secondary N) is 2. The number of halogens is 2. The molecule has 0 fully saturated rings. The van der Waals surface area contributed by atoms with Crippen molar-refractivity contribution in [1.82, 2.24) is 10.2 Å². The summed E-state index contributed by atoms with van der Waals surface area (Å²) in [7, 11) is 3.36. The summed E-state index contributed by atoms with van der Waals surface area (Å²) in [6.45, 7) is 3.42. The van der Waals surface area contributed by atoms with E-state index >= 15 is 0 Å². The molecule has 2 aromatic rings. The highest BCUT2D eigenvalue weighted by Crippen LogP contribution is 2.38. The highest BCUT2D eigenvalue weighted by Gasteiger charge is 2.27. The molecule has 1 aliphatic rings. The molecule has 160 valence electrons. The van der Waals surface area contributed by atoms with Crippen molar-refractivity contribution in [3.05, 3.63) is 63.1 Å². The van der Waals surface area contributed by atoms with Gasteiger partial charge >= 0.3 is 12.0 Å². The molecule has 1 aliphatic heterocycles. The largest absolute Gasteiger partial charge is 0.467 e. The number of urea groups is 1. The molecule has 2 atom stereocenters. The molecule has 0 spiro atoms. The number of hydrogen-bond acceptors (Lipinski definition) is 4. The number of carbonyl (C=O) groups excluding carboxylic acids is 2. The lowest BCUT2D eigenvalue weighted by atomic mass is 9.85. The van der Waals surface area contributed by atoms with Gasteiger partial charge in [0.15, 0.2) is 0 Å². The Morgan fingerprint density at radius 3 is 2.57 bits per heavy atom. The topological polar surface area (TPSA) is 70.7 Å². The predicted molar refractivity (Wildman–Crippen MR) is 119 cm³/mol. The number of fused-ring (bicyclic) bond motifs is 1. The molecule has 2 amide bonds. The van der Waals surface area contributed by atoms with Gasteiger partial charge in [0.2, 0.25) is 0 Å². The molecule has 2 aromatic carbocycles. The Balaban J connectivity index is 1.75. The molecule has 30 heavy (non-hydrogen) atoms. The van der Waals surface area contributed by atoms with Crippen molar-refractivity contribution in [2.45, 2.75) is 31.8 Å². The van der Waals surface area contributed by atoms with Gasteiger partial charge in [0.05, 0.1) is 7.11 Å². The van der Waals surface area contributed by atoms with E-state index in [1.54, 1.807) is 13.0 Å². The zero-order valence-electron chi connectivity index (χ0n) is 17.2. The lowest BCUT2D eigenvalue weighted by molar-refractivity contribution is -0.142. The molecule has 3 rings (SSSR count). The van der Waals surface area contributed by atoms with Crippen LogP contribution < -0.4 is 10.6 Å². The van der Waals surface area contributed by atoms with Crippen LogP contribution in [0.3, 0.4) is 0 Å². The average molecular weight is 450 g/mol. The second-order valence-electron chi connectivity index (χ2n) is 7.41. The van der Waals surface area contributed by atoms with Gasteiger partial charge in [-0.2, -0.15) is 0 Å². The summed E-state index contributed by atoms with van der Waals surface area (Å²) in [5.74, 6) is -0.345. The van der Waals surface area contributed by atoms with E-state index in [1.807, 2.05) is 30.3 Å². The summed E-state index contributed by atoms with van der Waals surface area (Å²) in [4.78, 5) is 26.1. The number of anilines is 1. The Morgan fingerprint density at radius 2 is 1.93 bits per heavy atom. The fraction of sp³-hybridized carbons (Fsp3) is 0.364. The van der Waals surface area contributed by atoms with Gasteiger partial charge in [-0.3, -0.25) is 0 Å². The molecule has 8 heteroatoms. The molecule has 1 heterocycles. The fourth-order valence-corrected chi connectivity index (χ4v) is 4.29. The number of carbonyl (C=O) groups is 2. The van der Waals surface area contributed by atoms with Crippen molar-refractivity contribution >= 4 is 40.9 Å².